The molecular weight excluding hydrogens is 326 g/mol. The molecule has 1 aliphatic heterocycles. The lowest BCUT2D eigenvalue weighted by molar-refractivity contribution is -0.134. The second-order valence-corrected chi connectivity index (χ2v) is 8.44. The van der Waals surface area contributed by atoms with Crippen LogP contribution in [0.2, 0.25) is 0 Å². The molecule has 0 aromatic carbocycles. The average molecular weight is 345 g/mol. The number of fused-ring (bicyclic) bond motifs is 1. The normalized spacial score (nSPS) is 24.0. The van der Waals surface area contributed by atoms with E-state index in [1.165, 1.54) is 11.3 Å². The molecule has 0 unspecified atom stereocenters. The lowest BCUT2D eigenvalue weighted by atomic mass is 10.1. The third kappa shape index (κ3) is 3.41. The molecule has 2 aliphatic rings. The first kappa shape index (κ1) is 15.7. The SMILES string of the molecule is CCO[C@H]1C[C@@H]1C(=O)N1CCc2nc(NS(C)(=O)=O)sc2C1. The molecule has 2 heterocycles. The minimum Gasteiger partial charge on any atom is -0.378 e. The number of carbonyl (C=O) groups is 1. The Morgan fingerprint density at radius 1 is 1.55 bits per heavy atom. The predicted molar refractivity (Wildman–Crippen MR) is 83.2 cm³/mol. The van der Waals surface area contributed by atoms with Gasteiger partial charge in [0.05, 0.1) is 30.5 Å². The van der Waals surface area contributed by atoms with E-state index >= 15 is 0 Å². The van der Waals surface area contributed by atoms with E-state index in [1.54, 1.807) is 0 Å². The average Bonchev–Trinajstić information content (AvgIpc) is 3.07. The fourth-order valence-electron chi connectivity index (χ4n) is 2.65. The molecular formula is C13H19N3O4S2. The monoisotopic (exact) mass is 345 g/mol. The predicted octanol–water partition coefficient (Wildman–Crippen LogP) is 0.824. The van der Waals surface area contributed by atoms with Gasteiger partial charge < -0.3 is 9.64 Å². The molecule has 0 saturated heterocycles. The number of hydrogen-bond donors (Lipinski definition) is 1. The van der Waals surface area contributed by atoms with Crippen molar-refractivity contribution in [3.8, 4) is 0 Å². The van der Waals surface area contributed by atoms with Gasteiger partial charge in [0.25, 0.3) is 0 Å². The molecule has 122 valence electrons. The molecule has 1 saturated carbocycles. The van der Waals surface area contributed by atoms with E-state index in [4.69, 9.17) is 4.74 Å². The molecule has 2 atom stereocenters. The lowest BCUT2D eigenvalue weighted by Gasteiger charge is -2.26. The van der Waals surface area contributed by atoms with Crippen molar-refractivity contribution in [1.82, 2.24) is 9.88 Å². The number of aromatic nitrogens is 1. The molecule has 1 fully saturated rings. The van der Waals surface area contributed by atoms with Crippen molar-refractivity contribution in [3.05, 3.63) is 10.6 Å². The van der Waals surface area contributed by atoms with Gasteiger partial charge in [-0.2, -0.15) is 0 Å². The van der Waals surface area contributed by atoms with Crippen LogP contribution in [0.15, 0.2) is 0 Å². The van der Waals surface area contributed by atoms with Gasteiger partial charge in [-0.05, 0) is 13.3 Å². The Morgan fingerprint density at radius 3 is 3.00 bits per heavy atom. The molecule has 1 aliphatic carbocycles. The maximum Gasteiger partial charge on any atom is 0.231 e. The van der Waals surface area contributed by atoms with Crippen LogP contribution in [-0.2, 0) is 32.5 Å². The fraction of sp³-hybridized carbons (Fsp3) is 0.692. The summed E-state index contributed by atoms with van der Waals surface area (Å²) in [4.78, 5) is 19.5. The summed E-state index contributed by atoms with van der Waals surface area (Å²) in [5.74, 6) is 0.123. The van der Waals surface area contributed by atoms with Crippen molar-refractivity contribution in [3.63, 3.8) is 0 Å². The molecule has 9 heteroatoms. The zero-order valence-corrected chi connectivity index (χ0v) is 14.2. The molecule has 7 nitrogen and oxygen atoms in total. The summed E-state index contributed by atoms with van der Waals surface area (Å²) < 4.78 is 30.4. The van der Waals surface area contributed by atoms with Crippen molar-refractivity contribution >= 4 is 32.4 Å². The van der Waals surface area contributed by atoms with Crippen LogP contribution < -0.4 is 4.72 Å². The zero-order chi connectivity index (χ0) is 15.9. The van der Waals surface area contributed by atoms with Gasteiger partial charge in [0.2, 0.25) is 15.9 Å². The standard InChI is InChI=1S/C13H19N3O4S2/c1-3-20-10-6-8(10)12(17)16-5-4-9-11(7-16)21-13(14-9)15-22(2,18)19/h8,10H,3-7H2,1-2H3,(H,14,15)/t8-,10-/m0/s1. The van der Waals surface area contributed by atoms with Crippen LogP contribution in [0.3, 0.4) is 0 Å². The summed E-state index contributed by atoms with van der Waals surface area (Å²) >= 11 is 1.30. The van der Waals surface area contributed by atoms with Gasteiger partial charge in [0.1, 0.15) is 0 Å². The largest absolute Gasteiger partial charge is 0.378 e. The van der Waals surface area contributed by atoms with Crippen LogP contribution in [0.1, 0.15) is 23.9 Å². The van der Waals surface area contributed by atoms with Gasteiger partial charge >= 0.3 is 0 Å². The number of sulfonamides is 1. The maximum atomic E-state index is 12.4. The third-order valence-corrected chi connectivity index (χ3v) is 5.44. The number of ether oxygens (including phenoxy) is 1. The van der Waals surface area contributed by atoms with Crippen LogP contribution in [0.25, 0.3) is 0 Å². The van der Waals surface area contributed by atoms with Gasteiger partial charge in [-0.1, -0.05) is 11.3 Å². The molecule has 1 amide bonds. The number of amides is 1. The number of thiazole rings is 1. The van der Waals surface area contributed by atoms with Gasteiger partial charge in [-0.3, -0.25) is 9.52 Å². The minimum atomic E-state index is -3.32. The van der Waals surface area contributed by atoms with E-state index in [1.807, 2.05) is 11.8 Å². The highest BCUT2D eigenvalue weighted by molar-refractivity contribution is 7.92. The first-order chi connectivity index (χ1) is 10.4. The molecule has 0 bridgehead atoms. The molecule has 0 spiro atoms. The van der Waals surface area contributed by atoms with E-state index in [0.717, 1.165) is 23.2 Å². The first-order valence-electron chi connectivity index (χ1n) is 7.24. The highest BCUT2D eigenvalue weighted by atomic mass is 32.2. The Bertz CT molecular complexity index is 685. The second-order valence-electron chi connectivity index (χ2n) is 5.61. The van der Waals surface area contributed by atoms with Gasteiger partial charge in [0, 0.05) is 24.4 Å². The van der Waals surface area contributed by atoms with Gasteiger partial charge in [0.15, 0.2) is 5.13 Å². The van der Waals surface area contributed by atoms with E-state index in [9.17, 15) is 13.2 Å². The summed E-state index contributed by atoms with van der Waals surface area (Å²) in [6, 6.07) is 0. The molecule has 22 heavy (non-hydrogen) atoms. The molecule has 0 radical (unpaired) electrons. The minimum absolute atomic E-state index is 0.0111. The Kier molecular flexibility index (Phi) is 4.13. The molecule has 1 aromatic rings. The number of rotatable bonds is 5. The topological polar surface area (TPSA) is 88.6 Å². The maximum absolute atomic E-state index is 12.4. The summed E-state index contributed by atoms with van der Waals surface area (Å²) in [7, 11) is -3.32. The number of nitrogens with one attached hydrogen (secondary N) is 1. The number of nitrogens with zero attached hydrogens (tertiary/aromatic N) is 2. The summed E-state index contributed by atoms with van der Waals surface area (Å²) in [6.45, 7) is 3.70. The second kappa shape index (κ2) is 5.78. The summed E-state index contributed by atoms with van der Waals surface area (Å²) in [6.07, 6.45) is 2.64. The summed E-state index contributed by atoms with van der Waals surface area (Å²) in [5.41, 5.74) is 0.886. The van der Waals surface area contributed by atoms with Crippen LogP contribution in [0.4, 0.5) is 5.13 Å². The van der Waals surface area contributed by atoms with E-state index < -0.39 is 10.0 Å². The van der Waals surface area contributed by atoms with Crippen LogP contribution in [-0.4, -0.2) is 49.7 Å². The lowest BCUT2D eigenvalue weighted by Crippen LogP contribution is -2.37. The first-order valence-corrected chi connectivity index (χ1v) is 9.95. The smallest absolute Gasteiger partial charge is 0.231 e. The Hall–Kier alpha value is -1.19. The van der Waals surface area contributed by atoms with Crippen molar-refractivity contribution in [2.45, 2.75) is 32.4 Å². The zero-order valence-electron chi connectivity index (χ0n) is 12.5. The van der Waals surface area contributed by atoms with Crippen molar-refractivity contribution in [2.75, 3.05) is 24.1 Å². The van der Waals surface area contributed by atoms with Crippen LogP contribution in [0, 0.1) is 5.92 Å². The fourth-order valence-corrected chi connectivity index (χ4v) is 4.51. The number of carbonyl (C=O) groups excluding carboxylic acids is 1. The summed E-state index contributed by atoms with van der Waals surface area (Å²) in [5, 5.41) is 0.375. The van der Waals surface area contributed by atoms with Crippen molar-refractivity contribution in [2.24, 2.45) is 5.92 Å². The Morgan fingerprint density at radius 2 is 2.32 bits per heavy atom. The van der Waals surface area contributed by atoms with E-state index in [-0.39, 0.29) is 17.9 Å². The van der Waals surface area contributed by atoms with Crippen molar-refractivity contribution < 1.29 is 17.9 Å². The van der Waals surface area contributed by atoms with E-state index in [2.05, 4.69) is 9.71 Å². The molecule has 1 aromatic heterocycles. The van der Waals surface area contributed by atoms with Crippen LogP contribution in [0.5, 0.6) is 0 Å². The Labute approximate surface area is 133 Å². The third-order valence-electron chi connectivity index (χ3n) is 3.75. The van der Waals surface area contributed by atoms with Crippen molar-refractivity contribution in [1.29, 1.82) is 0 Å². The van der Waals surface area contributed by atoms with Crippen LogP contribution >= 0.6 is 11.3 Å². The van der Waals surface area contributed by atoms with Gasteiger partial charge in [-0.25, -0.2) is 13.4 Å². The van der Waals surface area contributed by atoms with Gasteiger partial charge in [-0.15, -0.1) is 0 Å². The number of anilines is 1. The Balaban J connectivity index is 1.65. The molecule has 3 rings (SSSR count). The number of hydrogen-bond acceptors (Lipinski definition) is 6. The van der Waals surface area contributed by atoms with E-state index in [0.29, 0.717) is 31.2 Å². The molecule has 1 N–H and O–H groups in total. The quantitative estimate of drug-likeness (QED) is 0.854. The highest BCUT2D eigenvalue weighted by Gasteiger charge is 2.46. The highest BCUT2D eigenvalue weighted by Crippen LogP contribution is 2.37.